The van der Waals surface area contributed by atoms with Crippen LogP contribution < -0.4 is 9.47 Å². The molecule has 5 atom stereocenters. The van der Waals surface area contributed by atoms with Gasteiger partial charge in [0.25, 0.3) is 0 Å². The van der Waals surface area contributed by atoms with Gasteiger partial charge >= 0.3 is 0 Å². The standard InChI is InChI=1S/C26H36O8/c1-17(2)13-25(31,14-18-7-5-9-20(11-18)33-3)24(30)26(32,23(29)22(28)16-27)15-19-8-6-10-21(12-19)34-4/h5-12,22-24,27-32H,1,13-16H2,2-4H3/t22-,23+,24+,25?,26+/m0/s1. The molecule has 2 aromatic carbocycles. The molecule has 0 heterocycles. The largest absolute Gasteiger partial charge is 0.497 e. The SMILES string of the molecule is C=C(C)CC(O)(Cc1cccc(OC)c1)[C@@H](O)[C@@](O)(Cc1cccc(OC)c1)[C@H](O)[C@@H](O)CO. The molecule has 0 aliphatic heterocycles. The van der Waals surface area contributed by atoms with Crippen LogP contribution in [0.5, 0.6) is 11.5 Å². The first-order valence-electron chi connectivity index (χ1n) is 11.0. The zero-order valence-electron chi connectivity index (χ0n) is 19.9. The van der Waals surface area contributed by atoms with Gasteiger partial charge in [0.15, 0.2) is 0 Å². The predicted octanol–water partition coefficient (Wildman–Crippen LogP) is 0.992. The first-order valence-corrected chi connectivity index (χ1v) is 11.0. The van der Waals surface area contributed by atoms with Crippen molar-refractivity contribution in [3.8, 4) is 11.5 Å². The van der Waals surface area contributed by atoms with Crippen molar-refractivity contribution in [2.45, 2.75) is 55.7 Å². The van der Waals surface area contributed by atoms with Crippen molar-refractivity contribution >= 4 is 0 Å². The molecular weight excluding hydrogens is 440 g/mol. The van der Waals surface area contributed by atoms with Gasteiger partial charge in [0.2, 0.25) is 0 Å². The molecule has 0 spiro atoms. The summed E-state index contributed by atoms with van der Waals surface area (Å²) in [6.07, 6.45) is -6.27. The zero-order chi connectivity index (χ0) is 25.5. The van der Waals surface area contributed by atoms with Gasteiger partial charge in [0.05, 0.1) is 20.8 Å². The van der Waals surface area contributed by atoms with Crippen molar-refractivity contribution in [3.05, 3.63) is 71.8 Å². The van der Waals surface area contributed by atoms with Gasteiger partial charge in [-0.1, -0.05) is 29.8 Å². The Bertz CT molecular complexity index is 948. The summed E-state index contributed by atoms with van der Waals surface area (Å²) < 4.78 is 10.5. The Labute approximate surface area is 200 Å². The molecule has 0 saturated carbocycles. The number of methoxy groups -OCH3 is 2. The van der Waals surface area contributed by atoms with E-state index >= 15 is 0 Å². The van der Waals surface area contributed by atoms with Crippen LogP contribution in [-0.2, 0) is 12.8 Å². The minimum atomic E-state index is -2.45. The van der Waals surface area contributed by atoms with Gasteiger partial charge in [-0.25, -0.2) is 0 Å². The summed E-state index contributed by atoms with van der Waals surface area (Å²) in [5.41, 5.74) is -2.81. The highest BCUT2D eigenvalue weighted by Crippen LogP contribution is 2.36. The van der Waals surface area contributed by atoms with E-state index in [0.717, 1.165) is 0 Å². The summed E-state index contributed by atoms with van der Waals surface area (Å²) in [6, 6.07) is 13.5. The van der Waals surface area contributed by atoms with Crippen LogP contribution in [0, 0.1) is 0 Å². The summed E-state index contributed by atoms with van der Waals surface area (Å²) in [5, 5.41) is 65.3. The summed E-state index contributed by atoms with van der Waals surface area (Å²) in [7, 11) is 2.98. The number of hydrogen-bond donors (Lipinski definition) is 6. The summed E-state index contributed by atoms with van der Waals surface area (Å²) >= 11 is 0. The fourth-order valence-electron chi connectivity index (χ4n) is 4.28. The van der Waals surface area contributed by atoms with Crippen molar-refractivity contribution < 1.29 is 40.1 Å². The van der Waals surface area contributed by atoms with Crippen molar-refractivity contribution in [1.82, 2.24) is 0 Å². The predicted molar refractivity (Wildman–Crippen MR) is 128 cm³/mol. The van der Waals surface area contributed by atoms with E-state index in [9.17, 15) is 30.6 Å². The van der Waals surface area contributed by atoms with E-state index in [2.05, 4.69) is 6.58 Å². The monoisotopic (exact) mass is 476 g/mol. The number of aliphatic hydroxyl groups is 6. The Morgan fingerprint density at radius 1 is 0.912 bits per heavy atom. The van der Waals surface area contributed by atoms with Crippen LogP contribution in [0.2, 0.25) is 0 Å². The Balaban J connectivity index is 2.55. The number of rotatable bonds is 13. The van der Waals surface area contributed by atoms with Crippen LogP contribution in [0.4, 0.5) is 0 Å². The zero-order valence-corrected chi connectivity index (χ0v) is 19.9. The minimum Gasteiger partial charge on any atom is -0.497 e. The number of ether oxygens (including phenoxy) is 2. The molecule has 1 unspecified atom stereocenters. The lowest BCUT2D eigenvalue weighted by atomic mass is 9.71. The molecule has 0 aliphatic rings. The van der Waals surface area contributed by atoms with E-state index in [1.165, 1.54) is 14.2 Å². The second-order valence-electron chi connectivity index (χ2n) is 8.88. The molecule has 188 valence electrons. The third kappa shape index (κ3) is 6.56. The number of aliphatic hydroxyl groups excluding tert-OH is 4. The van der Waals surface area contributed by atoms with Gasteiger partial charge in [-0.2, -0.15) is 0 Å². The molecule has 0 aliphatic carbocycles. The van der Waals surface area contributed by atoms with Gasteiger partial charge in [-0.3, -0.25) is 0 Å². The molecule has 8 heteroatoms. The van der Waals surface area contributed by atoms with Crippen LogP contribution >= 0.6 is 0 Å². The van der Waals surface area contributed by atoms with Crippen molar-refractivity contribution in [1.29, 1.82) is 0 Å². The van der Waals surface area contributed by atoms with Crippen LogP contribution in [0.1, 0.15) is 24.5 Å². The molecule has 0 saturated heterocycles. The first-order chi connectivity index (χ1) is 16.0. The molecule has 6 N–H and O–H groups in total. The molecule has 0 bridgehead atoms. The molecule has 8 nitrogen and oxygen atoms in total. The average molecular weight is 477 g/mol. The van der Waals surface area contributed by atoms with E-state index in [0.29, 0.717) is 28.2 Å². The summed E-state index contributed by atoms with van der Waals surface area (Å²) in [4.78, 5) is 0. The molecule has 0 radical (unpaired) electrons. The molecule has 34 heavy (non-hydrogen) atoms. The molecule has 0 aromatic heterocycles. The lowest BCUT2D eigenvalue weighted by Gasteiger charge is -2.46. The summed E-state index contributed by atoms with van der Waals surface area (Å²) in [6.45, 7) is 4.65. The van der Waals surface area contributed by atoms with Gasteiger partial charge in [0.1, 0.15) is 41.0 Å². The lowest BCUT2D eigenvalue weighted by molar-refractivity contribution is -0.228. The normalized spacial score (nSPS) is 17.7. The summed E-state index contributed by atoms with van der Waals surface area (Å²) in [5.74, 6) is 1.03. The van der Waals surface area contributed by atoms with Crippen LogP contribution in [0.3, 0.4) is 0 Å². The molecule has 0 amide bonds. The second-order valence-corrected chi connectivity index (χ2v) is 8.88. The molecular formula is C26H36O8. The van der Waals surface area contributed by atoms with E-state index in [1.807, 2.05) is 0 Å². The Kier molecular flexibility index (Phi) is 9.64. The van der Waals surface area contributed by atoms with Crippen LogP contribution in [0.25, 0.3) is 0 Å². The van der Waals surface area contributed by atoms with E-state index in [4.69, 9.17) is 9.47 Å². The van der Waals surface area contributed by atoms with Gasteiger partial charge < -0.3 is 40.1 Å². The van der Waals surface area contributed by atoms with Crippen molar-refractivity contribution in [3.63, 3.8) is 0 Å². The molecule has 0 fully saturated rings. The van der Waals surface area contributed by atoms with Crippen molar-refractivity contribution in [2.24, 2.45) is 0 Å². The van der Waals surface area contributed by atoms with Crippen LogP contribution in [0.15, 0.2) is 60.7 Å². The maximum absolute atomic E-state index is 11.7. The van der Waals surface area contributed by atoms with E-state index in [-0.39, 0.29) is 19.3 Å². The topological polar surface area (TPSA) is 140 Å². The fourth-order valence-corrected chi connectivity index (χ4v) is 4.28. The molecule has 2 aromatic rings. The van der Waals surface area contributed by atoms with E-state index < -0.39 is 36.1 Å². The first kappa shape index (κ1) is 27.8. The Morgan fingerprint density at radius 2 is 1.41 bits per heavy atom. The second kappa shape index (κ2) is 11.8. The van der Waals surface area contributed by atoms with Gasteiger partial charge in [-0.05, 0) is 48.7 Å². The Morgan fingerprint density at radius 3 is 1.85 bits per heavy atom. The average Bonchev–Trinajstić information content (AvgIpc) is 2.82. The maximum atomic E-state index is 11.7. The molecule has 2 rings (SSSR count). The number of benzene rings is 2. The minimum absolute atomic E-state index is 0.103. The fraction of sp³-hybridized carbons (Fsp3) is 0.462. The smallest absolute Gasteiger partial charge is 0.126 e. The van der Waals surface area contributed by atoms with Gasteiger partial charge in [0, 0.05) is 12.8 Å². The maximum Gasteiger partial charge on any atom is 0.126 e. The quantitative estimate of drug-likeness (QED) is 0.235. The van der Waals surface area contributed by atoms with Gasteiger partial charge in [-0.15, -0.1) is 6.58 Å². The highest BCUT2D eigenvalue weighted by Gasteiger charge is 2.54. The van der Waals surface area contributed by atoms with Crippen molar-refractivity contribution in [2.75, 3.05) is 20.8 Å². The lowest BCUT2D eigenvalue weighted by Crippen LogP contribution is -2.66. The third-order valence-electron chi connectivity index (χ3n) is 5.92. The van der Waals surface area contributed by atoms with Crippen LogP contribution in [-0.4, -0.2) is 81.0 Å². The highest BCUT2D eigenvalue weighted by atomic mass is 16.5. The Hall–Kier alpha value is -2.46. The number of hydrogen-bond acceptors (Lipinski definition) is 8. The van der Waals surface area contributed by atoms with E-state index in [1.54, 1.807) is 55.5 Å². The highest BCUT2D eigenvalue weighted by molar-refractivity contribution is 5.32. The third-order valence-corrected chi connectivity index (χ3v) is 5.92.